The number of nitriles is 1. The SMILES string of the molecule is N#Cc1ccc(-c2nc3ncccn3c2-c2ccc(F)cc2)cc1. The molecule has 2 heterocycles. The summed E-state index contributed by atoms with van der Waals surface area (Å²) in [6.07, 6.45) is 3.56. The van der Waals surface area contributed by atoms with Crippen molar-refractivity contribution in [1.82, 2.24) is 14.4 Å². The van der Waals surface area contributed by atoms with Gasteiger partial charge in [0.1, 0.15) is 5.82 Å². The molecule has 0 radical (unpaired) electrons. The molecule has 114 valence electrons. The van der Waals surface area contributed by atoms with Crippen molar-refractivity contribution >= 4 is 5.78 Å². The lowest BCUT2D eigenvalue weighted by Crippen LogP contribution is -1.91. The van der Waals surface area contributed by atoms with Crippen LogP contribution in [0.25, 0.3) is 28.3 Å². The highest BCUT2D eigenvalue weighted by Gasteiger charge is 2.16. The van der Waals surface area contributed by atoms with Gasteiger partial charge in [-0.1, -0.05) is 12.1 Å². The van der Waals surface area contributed by atoms with Crippen LogP contribution in [-0.2, 0) is 0 Å². The lowest BCUT2D eigenvalue weighted by Gasteiger charge is -2.05. The van der Waals surface area contributed by atoms with Crippen molar-refractivity contribution in [3.05, 3.63) is 78.4 Å². The third-order valence-corrected chi connectivity index (χ3v) is 3.81. The van der Waals surface area contributed by atoms with Gasteiger partial charge >= 0.3 is 0 Å². The monoisotopic (exact) mass is 314 g/mol. The Morgan fingerprint density at radius 2 is 1.67 bits per heavy atom. The van der Waals surface area contributed by atoms with Gasteiger partial charge in [-0.2, -0.15) is 5.26 Å². The minimum atomic E-state index is -0.286. The molecule has 0 bridgehead atoms. The summed E-state index contributed by atoms with van der Waals surface area (Å²) in [5.41, 5.74) is 3.88. The molecule has 4 nitrogen and oxygen atoms in total. The van der Waals surface area contributed by atoms with Crippen molar-refractivity contribution < 1.29 is 4.39 Å². The first-order chi connectivity index (χ1) is 11.8. The predicted molar refractivity (Wildman–Crippen MR) is 88.5 cm³/mol. The van der Waals surface area contributed by atoms with Gasteiger partial charge in [0.2, 0.25) is 5.78 Å². The van der Waals surface area contributed by atoms with E-state index in [2.05, 4.69) is 16.0 Å². The molecule has 0 unspecified atom stereocenters. The van der Waals surface area contributed by atoms with Crippen molar-refractivity contribution in [3.63, 3.8) is 0 Å². The van der Waals surface area contributed by atoms with E-state index in [1.807, 2.05) is 28.8 Å². The molecule has 0 saturated carbocycles. The van der Waals surface area contributed by atoms with Crippen LogP contribution < -0.4 is 0 Å². The van der Waals surface area contributed by atoms with Crippen LogP contribution in [0.15, 0.2) is 67.0 Å². The number of nitrogens with zero attached hydrogens (tertiary/aromatic N) is 4. The fourth-order valence-corrected chi connectivity index (χ4v) is 2.67. The Bertz CT molecular complexity index is 1060. The van der Waals surface area contributed by atoms with Gasteiger partial charge in [-0.25, -0.2) is 14.4 Å². The summed E-state index contributed by atoms with van der Waals surface area (Å²) in [5.74, 6) is 0.279. The number of halogens is 1. The molecule has 24 heavy (non-hydrogen) atoms. The smallest absolute Gasteiger partial charge is 0.234 e. The zero-order valence-corrected chi connectivity index (χ0v) is 12.5. The fraction of sp³-hybridized carbons (Fsp3) is 0. The Morgan fingerprint density at radius 1 is 0.958 bits per heavy atom. The quantitative estimate of drug-likeness (QED) is 0.560. The van der Waals surface area contributed by atoms with E-state index in [-0.39, 0.29) is 5.82 Å². The Balaban J connectivity index is 1.99. The molecule has 2 aromatic carbocycles. The molecule has 0 aliphatic rings. The number of rotatable bonds is 2. The van der Waals surface area contributed by atoms with Gasteiger partial charge in [-0.15, -0.1) is 0 Å². The van der Waals surface area contributed by atoms with E-state index in [0.29, 0.717) is 11.3 Å². The highest BCUT2D eigenvalue weighted by molar-refractivity contribution is 5.81. The maximum atomic E-state index is 13.3. The molecule has 0 amide bonds. The lowest BCUT2D eigenvalue weighted by atomic mass is 10.0. The summed E-state index contributed by atoms with van der Waals surface area (Å²) >= 11 is 0. The molecule has 4 aromatic rings. The summed E-state index contributed by atoms with van der Waals surface area (Å²) in [4.78, 5) is 8.90. The van der Waals surface area contributed by atoms with Crippen molar-refractivity contribution in [2.24, 2.45) is 0 Å². The molecule has 0 saturated heterocycles. The summed E-state index contributed by atoms with van der Waals surface area (Å²) in [7, 11) is 0. The molecule has 0 N–H and O–H groups in total. The second-order valence-corrected chi connectivity index (χ2v) is 5.29. The van der Waals surface area contributed by atoms with Gasteiger partial charge in [0.25, 0.3) is 0 Å². The predicted octanol–water partition coefficient (Wildman–Crippen LogP) is 4.07. The number of hydrogen-bond acceptors (Lipinski definition) is 3. The van der Waals surface area contributed by atoms with Gasteiger partial charge in [-0.05, 0) is 42.5 Å². The van der Waals surface area contributed by atoms with E-state index in [1.165, 1.54) is 12.1 Å². The average Bonchev–Trinajstić information content (AvgIpc) is 3.02. The van der Waals surface area contributed by atoms with Crippen molar-refractivity contribution in [3.8, 4) is 28.6 Å². The maximum Gasteiger partial charge on any atom is 0.234 e. The maximum absolute atomic E-state index is 13.3. The Morgan fingerprint density at radius 3 is 2.38 bits per heavy atom. The molecule has 0 aliphatic heterocycles. The Kier molecular flexibility index (Phi) is 3.29. The van der Waals surface area contributed by atoms with E-state index in [0.717, 1.165) is 22.5 Å². The second-order valence-electron chi connectivity index (χ2n) is 5.29. The number of fused-ring (bicyclic) bond motifs is 1. The molecule has 5 heteroatoms. The van der Waals surface area contributed by atoms with Crippen LogP contribution in [-0.4, -0.2) is 14.4 Å². The van der Waals surface area contributed by atoms with E-state index in [4.69, 9.17) is 5.26 Å². The average molecular weight is 314 g/mol. The first kappa shape index (κ1) is 14.1. The molecule has 2 aromatic heterocycles. The molecule has 0 aliphatic carbocycles. The van der Waals surface area contributed by atoms with Crippen LogP contribution in [0.1, 0.15) is 5.56 Å². The third kappa shape index (κ3) is 2.31. The number of benzene rings is 2. The standard InChI is InChI=1S/C19H11FN4/c20-16-8-6-15(7-9-16)18-17(14-4-2-13(12-21)3-5-14)23-19-22-10-1-11-24(18)19/h1-11H. The van der Waals surface area contributed by atoms with Gasteiger partial charge in [0, 0.05) is 23.5 Å². The normalized spacial score (nSPS) is 10.7. The Labute approximate surface area is 137 Å². The van der Waals surface area contributed by atoms with Crippen LogP contribution in [0, 0.1) is 17.1 Å². The molecule has 0 spiro atoms. The summed E-state index contributed by atoms with van der Waals surface area (Å²) in [5, 5.41) is 8.96. The molecular formula is C19H11FN4. The first-order valence-corrected chi connectivity index (χ1v) is 7.36. The number of aromatic nitrogens is 3. The summed E-state index contributed by atoms with van der Waals surface area (Å²) in [6.45, 7) is 0. The largest absolute Gasteiger partial charge is 0.283 e. The lowest BCUT2D eigenvalue weighted by molar-refractivity contribution is 0.628. The van der Waals surface area contributed by atoms with E-state index in [9.17, 15) is 4.39 Å². The van der Waals surface area contributed by atoms with Crippen LogP contribution in [0.4, 0.5) is 4.39 Å². The van der Waals surface area contributed by atoms with E-state index >= 15 is 0 Å². The van der Waals surface area contributed by atoms with Crippen molar-refractivity contribution in [2.45, 2.75) is 0 Å². The molecule has 0 atom stereocenters. The topological polar surface area (TPSA) is 54.0 Å². The van der Waals surface area contributed by atoms with Gasteiger partial charge in [-0.3, -0.25) is 4.40 Å². The summed E-state index contributed by atoms with van der Waals surface area (Å²) in [6, 6.07) is 17.4. The third-order valence-electron chi connectivity index (χ3n) is 3.81. The van der Waals surface area contributed by atoms with Gasteiger partial charge < -0.3 is 0 Å². The number of imidazole rings is 1. The molecular weight excluding hydrogens is 303 g/mol. The van der Waals surface area contributed by atoms with Gasteiger partial charge in [0.15, 0.2) is 0 Å². The van der Waals surface area contributed by atoms with Crippen molar-refractivity contribution in [2.75, 3.05) is 0 Å². The second kappa shape index (κ2) is 5.60. The van der Waals surface area contributed by atoms with E-state index < -0.39 is 0 Å². The zero-order valence-electron chi connectivity index (χ0n) is 12.5. The van der Waals surface area contributed by atoms with Crippen molar-refractivity contribution in [1.29, 1.82) is 5.26 Å². The first-order valence-electron chi connectivity index (χ1n) is 7.36. The number of hydrogen-bond donors (Lipinski definition) is 0. The van der Waals surface area contributed by atoms with Crippen LogP contribution in [0.3, 0.4) is 0 Å². The highest BCUT2D eigenvalue weighted by atomic mass is 19.1. The van der Waals surface area contributed by atoms with E-state index in [1.54, 1.807) is 30.5 Å². The van der Waals surface area contributed by atoms with Crippen LogP contribution >= 0.6 is 0 Å². The van der Waals surface area contributed by atoms with Crippen LogP contribution in [0.2, 0.25) is 0 Å². The minimum absolute atomic E-state index is 0.286. The molecule has 0 fully saturated rings. The zero-order chi connectivity index (χ0) is 16.5. The highest BCUT2D eigenvalue weighted by Crippen LogP contribution is 2.32. The Hall–Kier alpha value is -3.52. The molecule has 4 rings (SSSR count). The minimum Gasteiger partial charge on any atom is -0.283 e. The fourth-order valence-electron chi connectivity index (χ4n) is 2.67. The van der Waals surface area contributed by atoms with Gasteiger partial charge in [0.05, 0.1) is 23.0 Å². The van der Waals surface area contributed by atoms with Crippen LogP contribution in [0.5, 0.6) is 0 Å². The summed E-state index contributed by atoms with van der Waals surface area (Å²) < 4.78 is 15.2.